The molecule has 3 heterocycles. The molecule has 0 spiro atoms. The maximum absolute atomic E-state index is 7.26. The zero-order valence-corrected chi connectivity index (χ0v) is 41.5. The third-order valence-corrected chi connectivity index (χ3v) is 16.9. The van der Waals surface area contributed by atoms with Crippen molar-refractivity contribution in [3.05, 3.63) is 91.0 Å². The van der Waals surface area contributed by atoms with E-state index in [1.165, 1.54) is 164 Å². The predicted molar refractivity (Wildman–Crippen MR) is 336 cm³/mol. The molecule has 8 aromatic carbocycles. The smallest absolute Gasteiger partial charge is 0.143 e. The van der Waals surface area contributed by atoms with Crippen LogP contribution in [-0.4, -0.2) is 127 Å². The highest BCUT2D eigenvalue weighted by atomic mass is 16.3. The largest absolute Gasteiger partial charge is 0.457 e. The average Bonchev–Trinajstić information content (AvgIpc) is 3.99. The second-order valence-electron chi connectivity index (χ2n) is 19.7. The molecule has 0 radical (unpaired) electrons. The van der Waals surface area contributed by atoms with Gasteiger partial charge in [0.05, 0.1) is 33.1 Å². The Morgan fingerprint density at radius 3 is 1.21 bits per heavy atom. The van der Waals surface area contributed by atoms with Crippen LogP contribution in [0.2, 0.25) is 0 Å². The van der Waals surface area contributed by atoms with Gasteiger partial charge < -0.3 is 13.6 Å². The summed E-state index contributed by atoms with van der Waals surface area (Å²) < 4.78 is 12.3. The highest BCUT2D eigenvalue weighted by Crippen LogP contribution is 2.42. The van der Waals surface area contributed by atoms with Gasteiger partial charge in [0, 0.05) is 32.6 Å². The Morgan fingerprint density at radius 1 is 0.288 bits per heavy atom. The van der Waals surface area contributed by atoms with Crippen molar-refractivity contribution in [1.82, 2.24) is 9.13 Å². The first kappa shape index (κ1) is 42.8. The molecule has 0 aliphatic carbocycles. The summed E-state index contributed by atoms with van der Waals surface area (Å²) in [5.74, 6) is 0. The molecule has 3 aromatic heterocycles. The molecule has 0 atom stereocenters. The summed E-state index contributed by atoms with van der Waals surface area (Å²) in [5, 5.41) is 7.39. The Balaban J connectivity index is 1.35. The van der Waals surface area contributed by atoms with Crippen LogP contribution < -0.4 is 81.9 Å². The summed E-state index contributed by atoms with van der Waals surface area (Å²) in [7, 11) is 34.7. The molecule has 0 fully saturated rings. The Morgan fingerprint density at radius 2 is 0.652 bits per heavy atom. The molecule has 0 unspecified atom stereocenters. The molecule has 0 amide bonds. The lowest BCUT2D eigenvalue weighted by Gasteiger charge is -2.30. The summed E-state index contributed by atoms with van der Waals surface area (Å²) in [5.41, 5.74) is 34.3. The second-order valence-corrected chi connectivity index (χ2v) is 19.7. The molecule has 0 aliphatic rings. The number of fused-ring (bicyclic) bond motifs is 9. The van der Waals surface area contributed by atoms with Gasteiger partial charge in [0.1, 0.15) is 129 Å². The Bertz CT molecular complexity index is 3940. The lowest BCUT2D eigenvalue weighted by Crippen LogP contribution is -2.57. The van der Waals surface area contributed by atoms with E-state index >= 15 is 0 Å². The molecule has 0 aliphatic heterocycles. The van der Waals surface area contributed by atoms with E-state index in [2.05, 4.69) is 218 Å². The fourth-order valence-electron chi connectivity index (χ4n) is 12.2. The minimum absolute atomic E-state index is 0.973. The number of benzene rings is 8. The number of hydrogen-bond donors (Lipinski definition) is 0. The highest BCUT2D eigenvalue weighted by molar-refractivity contribution is 6.72. The van der Waals surface area contributed by atoms with E-state index in [-0.39, 0.29) is 0 Å². The van der Waals surface area contributed by atoms with Crippen molar-refractivity contribution in [3.63, 3.8) is 0 Å². The first-order valence-electron chi connectivity index (χ1n) is 23.7. The molecule has 18 heteroatoms. The van der Waals surface area contributed by atoms with Gasteiger partial charge in [0.25, 0.3) is 0 Å². The van der Waals surface area contributed by atoms with Crippen molar-refractivity contribution in [2.24, 2.45) is 0 Å². The van der Waals surface area contributed by atoms with Crippen molar-refractivity contribution in [2.45, 2.75) is 0 Å². The number of nitrogens with zero attached hydrogens (tertiary/aromatic N) is 2. The number of hydrogen-bond acceptors (Lipinski definition) is 1. The fraction of sp³-hybridized carbons (Fsp3) is 0. The molecule has 298 valence electrons. The van der Waals surface area contributed by atoms with Crippen molar-refractivity contribution in [3.8, 4) is 33.6 Å². The SMILES string of the molecule is Bc1c(B)c(B)c(-c2c(B)c(B)c(B)c(-c3c(B)c(B)c4oc5c(B)c(B)c(B)c(B)c5c4c3-n3c4ccccc4c4cc(-n5c6ccccc6c6ccccc65)ccc43)c2B)c(B)c1B. The van der Waals surface area contributed by atoms with Crippen LogP contribution in [0.15, 0.2) is 95.4 Å². The van der Waals surface area contributed by atoms with E-state index in [9.17, 15) is 0 Å². The lowest BCUT2D eigenvalue weighted by molar-refractivity contribution is 0.674. The number of aromatic nitrogens is 2. The van der Waals surface area contributed by atoms with Gasteiger partial charge >= 0.3 is 0 Å². The van der Waals surface area contributed by atoms with Crippen molar-refractivity contribution in [1.29, 1.82) is 0 Å². The zero-order chi connectivity index (χ0) is 46.5. The molecular formula is C48H45B15N2O. The van der Waals surface area contributed by atoms with E-state index in [0.717, 1.165) is 16.9 Å². The van der Waals surface area contributed by atoms with Crippen LogP contribution >= 0.6 is 0 Å². The molecular weight excluding hydrogens is 783 g/mol. The Labute approximate surface area is 401 Å². The predicted octanol–water partition coefficient (Wildman–Crippen LogP) is -13.0. The molecule has 0 N–H and O–H groups in total. The van der Waals surface area contributed by atoms with Gasteiger partial charge in [0.2, 0.25) is 0 Å². The maximum Gasteiger partial charge on any atom is 0.143 e. The quantitative estimate of drug-likeness (QED) is 0.162. The summed E-state index contributed by atoms with van der Waals surface area (Å²) in [4.78, 5) is 0. The van der Waals surface area contributed by atoms with Crippen LogP contribution in [0.5, 0.6) is 0 Å². The summed E-state index contributed by atoms with van der Waals surface area (Å²) >= 11 is 0. The summed E-state index contributed by atoms with van der Waals surface area (Å²) in [6, 6.07) is 33.8. The molecule has 11 rings (SSSR count). The van der Waals surface area contributed by atoms with Crippen LogP contribution in [0.25, 0.3) is 99.2 Å². The minimum Gasteiger partial charge on any atom is -0.457 e. The molecule has 66 heavy (non-hydrogen) atoms. The second kappa shape index (κ2) is 15.1. The average molecular weight is 828 g/mol. The molecule has 0 saturated carbocycles. The number of rotatable bonds is 4. The van der Waals surface area contributed by atoms with Crippen molar-refractivity contribution in [2.75, 3.05) is 0 Å². The van der Waals surface area contributed by atoms with Crippen LogP contribution in [-0.2, 0) is 0 Å². The maximum atomic E-state index is 7.26. The monoisotopic (exact) mass is 830 g/mol. The van der Waals surface area contributed by atoms with Gasteiger partial charge in [0.15, 0.2) is 0 Å². The van der Waals surface area contributed by atoms with E-state index in [4.69, 9.17) is 4.42 Å². The summed E-state index contributed by atoms with van der Waals surface area (Å²) in [6.07, 6.45) is 0. The normalized spacial score (nSPS) is 11.9. The van der Waals surface area contributed by atoms with E-state index < -0.39 is 0 Å². The van der Waals surface area contributed by atoms with Crippen LogP contribution in [0.3, 0.4) is 0 Å². The molecule has 0 bridgehead atoms. The standard InChI is InChI=1S/C48H45B15N2O/c49-31-25(26-33(51)39(57)42(60)40(58)34(26)52)32(50)38(56)35(53)27(31)28-36(54)44(62)48-30(29-37(55)41(59)43(61)45(63)47(29)66-48)46(28)65-23-12-6-3-9-19(23)20-15-16(13-14-24(20)65)64-21-10-4-1-7-17(21)18-8-2-5-11-22(18)64/h1-15H,49-63H2. The first-order valence-corrected chi connectivity index (χ1v) is 23.7. The fourth-order valence-corrected chi connectivity index (χ4v) is 12.2. The topological polar surface area (TPSA) is 23.0 Å². The van der Waals surface area contributed by atoms with Gasteiger partial charge in [-0.1, -0.05) is 109 Å². The Hall–Kier alpha value is -5.87. The zero-order valence-electron chi connectivity index (χ0n) is 41.5. The van der Waals surface area contributed by atoms with E-state index in [1.54, 1.807) is 0 Å². The van der Waals surface area contributed by atoms with E-state index in [1.807, 2.05) is 0 Å². The van der Waals surface area contributed by atoms with Crippen LogP contribution in [0.1, 0.15) is 0 Å². The number of para-hydroxylation sites is 3. The van der Waals surface area contributed by atoms with Gasteiger partial charge in [-0.05, 0) is 58.7 Å². The van der Waals surface area contributed by atoms with Crippen LogP contribution in [0.4, 0.5) is 0 Å². The summed E-state index contributed by atoms with van der Waals surface area (Å²) in [6.45, 7) is 0. The van der Waals surface area contributed by atoms with Crippen LogP contribution in [0, 0.1) is 0 Å². The molecule has 0 saturated heterocycles. The lowest BCUT2D eigenvalue weighted by atomic mass is 9.55. The van der Waals surface area contributed by atoms with Crippen molar-refractivity contribution >= 4 is 265 Å². The van der Waals surface area contributed by atoms with Gasteiger partial charge in [-0.2, -0.15) is 0 Å². The minimum atomic E-state index is 0.973. The van der Waals surface area contributed by atoms with Gasteiger partial charge in [-0.15, -0.1) is 27.3 Å². The first-order chi connectivity index (χ1) is 31.6. The molecule has 11 aromatic rings. The molecule has 3 nitrogen and oxygen atoms in total. The third kappa shape index (κ3) is 5.60. The Kier molecular flexibility index (Phi) is 9.77. The van der Waals surface area contributed by atoms with Gasteiger partial charge in [-0.3, -0.25) is 0 Å². The number of furan rings is 1. The van der Waals surface area contributed by atoms with Crippen molar-refractivity contribution < 1.29 is 4.42 Å². The highest BCUT2D eigenvalue weighted by Gasteiger charge is 2.30. The van der Waals surface area contributed by atoms with Gasteiger partial charge in [-0.25, -0.2) is 0 Å². The third-order valence-electron chi connectivity index (χ3n) is 16.9. The van der Waals surface area contributed by atoms with E-state index in [0.29, 0.717) is 0 Å².